The molecule has 0 saturated carbocycles. The molecule has 1 aliphatic heterocycles. The molecule has 128 valence electrons. The first-order chi connectivity index (χ1) is 11.5. The summed E-state index contributed by atoms with van der Waals surface area (Å²) in [5.41, 5.74) is 3.76. The molecule has 2 aromatic rings. The van der Waals surface area contributed by atoms with Gasteiger partial charge >= 0.3 is 0 Å². The van der Waals surface area contributed by atoms with Crippen LogP contribution in [0.2, 0.25) is 0 Å². The fourth-order valence-corrected chi connectivity index (χ4v) is 3.38. The summed E-state index contributed by atoms with van der Waals surface area (Å²) in [6.45, 7) is 7.18. The number of nitrogens with zero attached hydrogens (tertiary/aromatic N) is 2. The second-order valence-electron chi connectivity index (χ2n) is 6.70. The molecule has 3 rings (SSSR count). The van der Waals surface area contributed by atoms with E-state index in [4.69, 9.17) is 9.26 Å². The maximum absolute atomic E-state index is 12.9. The first-order valence-corrected chi connectivity index (χ1v) is 8.29. The molecule has 0 N–H and O–H groups in total. The van der Waals surface area contributed by atoms with E-state index in [0.717, 1.165) is 34.6 Å². The van der Waals surface area contributed by atoms with Crippen LogP contribution in [0.1, 0.15) is 32.9 Å². The van der Waals surface area contributed by atoms with Gasteiger partial charge in [-0.3, -0.25) is 4.79 Å². The summed E-state index contributed by atoms with van der Waals surface area (Å²) in [5, 5.41) is 3.94. The molecule has 1 saturated heterocycles. The Morgan fingerprint density at radius 1 is 1.29 bits per heavy atom. The molecule has 0 spiro atoms. The summed E-state index contributed by atoms with van der Waals surface area (Å²) in [7, 11) is 1.70. The zero-order valence-electron chi connectivity index (χ0n) is 14.7. The maximum atomic E-state index is 12.9. The Labute approximate surface area is 142 Å². The number of methoxy groups -OCH3 is 1. The van der Waals surface area contributed by atoms with Gasteiger partial charge in [0.05, 0.1) is 11.8 Å². The Kier molecular flexibility index (Phi) is 4.71. The van der Waals surface area contributed by atoms with Crippen molar-refractivity contribution >= 4 is 5.91 Å². The molecule has 0 radical (unpaired) electrons. The van der Waals surface area contributed by atoms with Crippen LogP contribution in [-0.4, -0.2) is 42.3 Å². The van der Waals surface area contributed by atoms with Crippen LogP contribution >= 0.6 is 0 Å². The zero-order valence-corrected chi connectivity index (χ0v) is 14.7. The SMILES string of the molecule is CO[C@H]1CN(C(=O)c2cc(C)ccc2C)C[C@H]1Cc1cc(C)no1. The number of carbonyl (C=O) groups excluding carboxylic acids is 1. The Balaban J connectivity index is 1.75. The first kappa shape index (κ1) is 16.7. The molecule has 0 unspecified atom stereocenters. The number of likely N-dealkylation sites (tertiary alicyclic amines) is 1. The lowest BCUT2D eigenvalue weighted by Gasteiger charge is -2.18. The average molecular weight is 328 g/mol. The average Bonchev–Trinajstić information content (AvgIpc) is 3.15. The minimum absolute atomic E-state index is 0.0180. The molecule has 2 atom stereocenters. The molecule has 0 aliphatic carbocycles. The van der Waals surface area contributed by atoms with Gasteiger partial charge in [-0.05, 0) is 32.4 Å². The second kappa shape index (κ2) is 6.77. The number of rotatable bonds is 4. The number of hydrogen-bond donors (Lipinski definition) is 0. The molecule has 5 heteroatoms. The van der Waals surface area contributed by atoms with Gasteiger partial charge in [0.1, 0.15) is 5.76 Å². The number of aromatic nitrogens is 1. The molecule has 1 aromatic heterocycles. The van der Waals surface area contributed by atoms with Gasteiger partial charge in [-0.15, -0.1) is 0 Å². The summed E-state index contributed by atoms with van der Waals surface area (Å²) in [5.74, 6) is 1.14. The van der Waals surface area contributed by atoms with E-state index in [-0.39, 0.29) is 17.9 Å². The topological polar surface area (TPSA) is 55.6 Å². The zero-order chi connectivity index (χ0) is 17.3. The van der Waals surface area contributed by atoms with Crippen LogP contribution in [0.25, 0.3) is 0 Å². The fraction of sp³-hybridized carbons (Fsp3) is 0.474. The Hall–Kier alpha value is -2.14. The molecule has 1 fully saturated rings. The lowest BCUT2D eigenvalue weighted by atomic mass is 10.0. The van der Waals surface area contributed by atoms with Gasteiger partial charge in [-0.2, -0.15) is 0 Å². The Bertz CT molecular complexity index is 738. The van der Waals surface area contributed by atoms with Crippen LogP contribution in [-0.2, 0) is 11.2 Å². The number of hydrogen-bond acceptors (Lipinski definition) is 4. The molecule has 1 aromatic carbocycles. The lowest BCUT2D eigenvalue weighted by Crippen LogP contribution is -2.30. The van der Waals surface area contributed by atoms with Crippen molar-refractivity contribution in [2.24, 2.45) is 5.92 Å². The molecular formula is C19H24N2O3. The molecule has 0 bridgehead atoms. The quantitative estimate of drug-likeness (QED) is 0.866. The third-order valence-electron chi connectivity index (χ3n) is 4.73. The van der Waals surface area contributed by atoms with E-state index < -0.39 is 0 Å². The summed E-state index contributed by atoms with van der Waals surface area (Å²) in [4.78, 5) is 14.8. The highest BCUT2D eigenvalue weighted by atomic mass is 16.5. The van der Waals surface area contributed by atoms with Crippen LogP contribution in [0.3, 0.4) is 0 Å². The molecular weight excluding hydrogens is 304 g/mol. The van der Waals surface area contributed by atoms with Gasteiger partial charge in [-0.25, -0.2) is 0 Å². The van der Waals surface area contributed by atoms with Crippen molar-refractivity contribution in [3.63, 3.8) is 0 Å². The van der Waals surface area contributed by atoms with Crippen molar-refractivity contribution in [2.45, 2.75) is 33.3 Å². The predicted octanol–water partition coefficient (Wildman–Crippen LogP) is 2.93. The number of benzene rings is 1. The molecule has 1 amide bonds. The molecule has 5 nitrogen and oxygen atoms in total. The van der Waals surface area contributed by atoms with Crippen LogP contribution < -0.4 is 0 Å². The van der Waals surface area contributed by atoms with Crippen molar-refractivity contribution in [2.75, 3.05) is 20.2 Å². The van der Waals surface area contributed by atoms with E-state index in [1.54, 1.807) is 7.11 Å². The highest BCUT2D eigenvalue weighted by Gasteiger charge is 2.36. The van der Waals surface area contributed by atoms with Crippen LogP contribution in [0.15, 0.2) is 28.8 Å². The van der Waals surface area contributed by atoms with Crippen LogP contribution in [0.5, 0.6) is 0 Å². The first-order valence-electron chi connectivity index (χ1n) is 8.29. The summed E-state index contributed by atoms with van der Waals surface area (Å²) >= 11 is 0. The predicted molar refractivity (Wildman–Crippen MR) is 91.1 cm³/mol. The van der Waals surface area contributed by atoms with E-state index in [0.29, 0.717) is 13.1 Å². The standard InChI is InChI=1S/C19H24N2O3/c1-12-5-6-13(2)17(7-12)19(22)21-10-15(18(11-21)23-4)9-16-8-14(3)20-24-16/h5-8,15,18H,9-11H2,1-4H3/t15-,18+/m1/s1. The van der Waals surface area contributed by atoms with Gasteiger partial charge in [0.15, 0.2) is 0 Å². The number of aryl methyl sites for hydroxylation is 3. The highest BCUT2D eigenvalue weighted by molar-refractivity contribution is 5.96. The number of carbonyl (C=O) groups is 1. The fourth-order valence-electron chi connectivity index (χ4n) is 3.38. The van der Waals surface area contributed by atoms with Crippen molar-refractivity contribution in [1.82, 2.24) is 10.1 Å². The minimum Gasteiger partial charge on any atom is -0.379 e. The van der Waals surface area contributed by atoms with E-state index in [9.17, 15) is 4.79 Å². The van der Waals surface area contributed by atoms with E-state index >= 15 is 0 Å². The smallest absolute Gasteiger partial charge is 0.254 e. The van der Waals surface area contributed by atoms with Crippen LogP contribution in [0, 0.1) is 26.7 Å². The van der Waals surface area contributed by atoms with Crippen LogP contribution in [0.4, 0.5) is 0 Å². The lowest BCUT2D eigenvalue weighted by molar-refractivity contribution is 0.0672. The van der Waals surface area contributed by atoms with Gasteiger partial charge in [0, 0.05) is 44.2 Å². The Morgan fingerprint density at radius 3 is 2.75 bits per heavy atom. The Morgan fingerprint density at radius 2 is 2.08 bits per heavy atom. The molecule has 24 heavy (non-hydrogen) atoms. The van der Waals surface area contributed by atoms with Crippen molar-refractivity contribution in [1.29, 1.82) is 0 Å². The van der Waals surface area contributed by atoms with Gasteiger partial charge in [0.25, 0.3) is 5.91 Å². The number of amides is 1. The largest absolute Gasteiger partial charge is 0.379 e. The van der Waals surface area contributed by atoms with E-state index in [2.05, 4.69) is 5.16 Å². The molecule has 2 heterocycles. The summed E-state index contributed by atoms with van der Waals surface area (Å²) in [6, 6.07) is 7.94. The van der Waals surface area contributed by atoms with Crippen molar-refractivity contribution < 1.29 is 14.1 Å². The van der Waals surface area contributed by atoms with Gasteiger partial charge < -0.3 is 14.2 Å². The highest BCUT2D eigenvalue weighted by Crippen LogP contribution is 2.26. The second-order valence-corrected chi connectivity index (χ2v) is 6.70. The maximum Gasteiger partial charge on any atom is 0.254 e. The normalized spacial score (nSPS) is 20.6. The third-order valence-corrected chi connectivity index (χ3v) is 4.73. The van der Waals surface area contributed by atoms with Crippen molar-refractivity contribution in [3.8, 4) is 0 Å². The van der Waals surface area contributed by atoms with Crippen molar-refractivity contribution in [3.05, 3.63) is 52.4 Å². The minimum atomic E-state index is 0.0180. The third kappa shape index (κ3) is 3.36. The van der Waals surface area contributed by atoms with Gasteiger partial charge in [0.2, 0.25) is 0 Å². The summed E-state index contributed by atoms with van der Waals surface area (Å²) in [6.07, 6.45) is 0.750. The number of ether oxygens (including phenoxy) is 1. The van der Waals surface area contributed by atoms with E-state index in [1.807, 2.05) is 49.9 Å². The van der Waals surface area contributed by atoms with E-state index in [1.165, 1.54) is 0 Å². The summed E-state index contributed by atoms with van der Waals surface area (Å²) < 4.78 is 10.9. The van der Waals surface area contributed by atoms with Gasteiger partial charge in [-0.1, -0.05) is 22.9 Å². The molecule has 1 aliphatic rings. The monoisotopic (exact) mass is 328 g/mol.